The second-order valence-corrected chi connectivity index (χ2v) is 8.51. The molecule has 7 nitrogen and oxygen atoms in total. The van der Waals surface area contributed by atoms with Crippen LogP contribution in [0.4, 0.5) is 27.8 Å². The molecular weight excluding hydrogens is 487 g/mol. The van der Waals surface area contributed by atoms with Crippen LogP contribution < -0.4 is 15.6 Å². The largest absolute Gasteiger partial charge is 0.408 e. The van der Waals surface area contributed by atoms with E-state index in [0.29, 0.717) is 12.5 Å². The number of halogens is 5. The van der Waals surface area contributed by atoms with Crippen LogP contribution in [0, 0.1) is 11.6 Å². The molecule has 1 saturated heterocycles. The fraction of sp³-hybridized carbons (Fsp3) is 0.333. The third-order valence-corrected chi connectivity index (χ3v) is 6.09. The normalized spacial score (nSPS) is 17.0. The zero-order valence-electron chi connectivity index (χ0n) is 19.2. The van der Waals surface area contributed by atoms with Crippen molar-refractivity contribution in [2.24, 2.45) is 0 Å². The lowest BCUT2D eigenvalue weighted by Gasteiger charge is -2.22. The molecule has 190 valence electrons. The predicted molar refractivity (Wildman–Crippen MR) is 121 cm³/mol. The average molecular weight is 508 g/mol. The van der Waals surface area contributed by atoms with Crippen LogP contribution in [-0.2, 0) is 4.79 Å². The number of alkyl halides is 3. The molecule has 12 heteroatoms. The summed E-state index contributed by atoms with van der Waals surface area (Å²) in [5.41, 5.74) is -2.08. The number of aromatic nitrogens is 2. The molecule has 1 aliphatic rings. The zero-order valence-corrected chi connectivity index (χ0v) is 19.2. The molecule has 1 N–H and O–H groups in total. The van der Waals surface area contributed by atoms with E-state index in [4.69, 9.17) is 0 Å². The van der Waals surface area contributed by atoms with E-state index >= 15 is 0 Å². The summed E-state index contributed by atoms with van der Waals surface area (Å²) >= 11 is 0. The van der Waals surface area contributed by atoms with Crippen molar-refractivity contribution in [1.82, 2.24) is 14.9 Å². The van der Waals surface area contributed by atoms with Gasteiger partial charge in [0.25, 0.3) is 5.91 Å². The second kappa shape index (κ2) is 9.32. The Morgan fingerprint density at radius 1 is 1.19 bits per heavy atom. The number of rotatable bonds is 5. The van der Waals surface area contributed by atoms with Gasteiger partial charge in [-0.3, -0.25) is 23.9 Å². The monoisotopic (exact) mass is 508 g/mol. The van der Waals surface area contributed by atoms with Crippen LogP contribution in [0.1, 0.15) is 43.5 Å². The van der Waals surface area contributed by atoms with Crippen molar-refractivity contribution in [3.8, 4) is 5.69 Å². The summed E-state index contributed by atoms with van der Waals surface area (Å²) in [5.74, 6) is -3.29. The summed E-state index contributed by atoms with van der Waals surface area (Å²) in [6.45, 7) is 3.03. The van der Waals surface area contributed by atoms with E-state index in [-0.39, 0.29) is 40.9 Å². The van der Waals surface area contributed by atoms with Gasteiger partial charge in [0.2, 0.25) is 11.3 Å². The number of carbonyl (C=O) groups excluding carboxylic acids is 2. The van der Waals surface area contributed by atoms with Crippen molar-refractivity contribution in [3.05, 3.63) is 63.9 Å². The molecule has 0 saturated carbocycles. The Morgan fingerprint density at radius 2 is 1.92 bits per heavy atom. The van der Waals surface area contributed by atoms with Crippen LogP contribution in [0.5, 0.6) is 0 Å². The number of fused-ring (bicyclic) bond motifs is 1. The molecule has 3 aromatic rings. The van der Waals surface area contributed by atoms with Gasteiger partial charge in [0.15, 0.2) is 5.65 Å². The Labute approximate surface area is 201 Å². The Kier molecular flexibility index (Phi) is 6.54. The standard InChI is InChI=1S/C24H21F5N4O3/c1-3-18(24(27,28)29)30-23(36)15-11-32(17-7-5-13(25)10-16(17)26)22-14(21(15)35)6-8-19(31-22)33-12(2)4-9-20(33)34/h5-8,10-12,18H,3-4,9H2,1-2H3,(H,30,36). The maximum Gasteiger partial charge on any atom is 0.408 e. The molecule has 36 heavy (non-hydrogen) atoms. The smallest absolute Gasteiger partial charge is 0.340 e. The molecule has 2 atom stereocenters. The van der Waals surface area contributed by atoms with Gasteiger partial charge in [-0.1, -0.05) is 6.92 Å². The number of hydrogen-bond donors (Lipinski definition) is 1. The number of amides is 2. The van der Waals surface area contributed by atoms with E-state index in [1.807, 2.05) is 6.92 Å². The number of hydrogen-bond acceptors (Lipinski definition) is 4. The van der Waals surface area contributed by atoms with Gasteiger partial charge in [0, 0.05) is 24.7 Å². The molecule has 0 spiro atoms. The summed E-state index contributed by atoms with van der Waals surface area (Å²) in [6.07, 6.45) is -3.49. The molecule has 2 aromatic heterocycles. The molecule has 1 aliphatic heterocycles. The Bertz CT molecular complexity index is 1420. The first-order chi connectivity index (χ1) is 16.9. The minimum atomic E-state index is -4.75. The van der Waals surface area contributed by atoms with Gasteiger partial charge >= 0.3 is 6.18 Å². The maximum absolute atomic E-state index is 14.8. The van der Waals surface area contributed by atoms with Gasteiger partial charge in [-0.05, 0) is 44.0 Å². The van der Waals surface area contributed by atoms with E-state index in [0.717, 1.165) is 22.9 Å². The van der Waals surface area contributed by atoms with E-state index in [1.54, 1.807) is 5.32 Å². The molecule has 2 amide bonds. The Morgan fingerprint density at radius 3 is 2.50 bits per heavy atom. The van der Waals surface area contributed by atoms with Gasteiger partial charge in [0.1, 0.15) is 29.1 Å². The van der Waals surface area contributed by atoms with Crippen LogP contribution in [0.25, 0.3) is 16.7 Å². The molecule has 3 heterocycles. The number of nitrogens with zero attached hydrogens (tertiary/aromatic N) is 3. The van der Waals surface area contributed by atoms with Gasteiger partial charge in [0.05, 0.1) is 11.1 Å². The summed E-state index contributed by atoms with van der Waals surface area (Å²) in [6, 6.07) is 2.80. The first-order valence-corrected chi connectivity index (χ1v) is 11.1. The lowest BCUT2D eigenvalue weighted by molar-refractivity contribution is -0.153. The SMILES string of the molecule is CCC(NC(=O)c1cn(-c2ccc(F)cc2F)c2nc(N3C(=O)CCC3C)ccc2c1=O)C(F)(F)F. The Balaban J connectivity index is 1.94. The number of nitrogens with one attached hydrogen (secondary N) is 1. The molecule has 0 radical (unpaired) electrons. The fourth-order valence-electron chi connectivity index (χ4n) is 4.18. The highest BCUT2D eigenvalue weighted by atomic mass is 19.4. The zero-order chi connectivity index (χ0) is 26.4. The van der Waals surface area contributed by atoms with Crippen molar-refractivity contribution >= 4 is 28.7 Å². The van der Waals surface area contributed by atoms with Crippen LogP contribution in [-0.4, -0.2) is 39.6 Å². The van der Waals surface area contributed by atoms with Crippen LogP contribution in [0.3, 0.4) is 0 Å². The van der Waals surface area contributed by atoms with Crippen molar-refractivity contribution in [3.63, 3.8) is 0 Å². The third-order valence-electron chi connectivity index (χ3n) is 6.09. The molecule has 1 aromatic carbocycles. The molecule has 4 rings (SSSR count). The average Bonchev–Trinajstić information content (AvgIpc) is 3.14. The number of benzene rings is 1. The first-order valence-electron chi connectivity index (χ1n) is 11.1. The molecule has 0 bridgehead atoms. The van der Waals surface area contributed by atoms with E-state index < -0.39 is 47.2 Å². The summed E-state index contributed by atoms with van der Waals surface area (Å²) in [4.78, 5) is 44.1. The highest BCUT2D eigenvalue weighted by Crippen LogP contribution is 2.28. The lowest BCUT2D eigenvalue weighted by Crippen LogP contribution is -2.46. The predicted octanol–water partition coefficient (Wildman–Crippen LogP) is 4.25. The van der Waals surface area contributed by atoms with Crippen LogP contribution in [0.2, 0.25) is 0 Å². The molecule has 0 aliphatic carbocycles. The highest BCUT2D eigenvalue weighted by molar-refractivity contribution is 5.99. The van der Waals surface area contributed by atoms with Crippen molar-refractivity contribution < 1.29 is 31.5 Å². The number of anilines is 1. The maximum atomic E-state index is 14.8. The minimum Gasteiger partial charge on any atom is -0.340 e. The van der Waals surface area contributed by atoms with E-state index in [9.17, 15) is 36.3 Å². The summed E-state index contributed by atoms with van der Waals surface area (Å²) in [5, 5.41) is 1.59. The van der Waals surface area contributed by atoms with Gasteiger partial charge in [-0.25, -0.2) is 13.8 Å². The second-order valence-electron chi connectivity index (χ2n) is 8.51. The summed E-state index contributed by atoms with van der Waals surface area (Å²) in [7, 11) is 0. The van der Waals surface area contributed by atoms with Crippen LogP contribution in [0.15, 0.2) is 41.3 Å². The number of pyridine rings is 2. The van der Waals surface area contributed by atoms with E-state index in [2.05, 4.69) is 4.98 Å². The molecular formula is C24H21F5N4O3. The quantitative estimate of drug-likeness (QED) is 0.523. The van der Waals surface area contributed by atoms with Gasteiger partial charge < -0.3 is 5.32 Å². The third kappa shape index (κ3) is 4.54. The van der Waals surface area contributed by atoms with Gasteiger partial charge in [-0.2, -0.15) is 13.2 Å². The minimum absolute atomic E-state index is 0.158. The molecule has 2 unspecified atom stereocenters. The van der Waals surface area contributed by atoms with E-state index in [1.165, 1.54) is 24.0 Å². The molecule has 1 fully saturated rings. The lowest BCUT2D eigenvalue weighted by atomic mass is 10.1. The Hall–Kier alpha value is -3.83. The van der Waals surface area contributed by atoms with Crippen molar-refractivity contribution in [2.75, 3.05) is 4.90 Å². The first kappa shape index (κ1) is 25.3. The highest BCUT2D eigenvalue weighted by Gasteiger charge is 2.40. The van der Waals surface area contributed by atoms with Gasteiger partial charge in [-0.15, -0.1) is 0 Å². The summed E-state index contributed by atoms with van der Waals surface area (Å²) < 4.78 is 69.0. The van der Waals surface area contributed by atoms with Crippen molar-refractivity contribution in [2.45, 2.75) is 51.4 Å². The fourth-order valence-corrected chi connectivity index (χ4v) is 4.18. The van der Waals surface area contributed by atoms with Crippen molar-refractivity contribution in [1.29, 1.82) is 0 Å². The topological polar surface area (TPSA) is 84.3 Å². The number of carbonyl (C=O) groups is 2. The van der Waals surface area contributed by atoms with Crippen LogP contribution >= 0.6 is 0 Å².